The van der Waals surface area contributed by atoms with Crippen molar-refractivity contribution in [3.8, 4) is 5.75 Å². The van der Waals surface area contributed by atoms with Gasteiger partial charge in [-0.3, -0.25) is 4.79 Å². The van der Waals surface area contributed by atoms with Gasteiger partial charge in [-0.25, -0.2) is 4.98 Å². The third-order valence-corrected chi connectivity index (χ3v) is 6.66. The highest BCUT2D eigenvalue weighted by molar-refractivity contribution is 6.04. The number of carbonyl (C=O) groups excluding carboxylic acids is 1. The van der Waals surface area contributed by atoms with Gasteiger partial charge in [0.1, 0.15) is 11.6 Å². The molecule has 7 heteroatoms. The van der Waals surface area contributed by atoms with Gasteiger partial charge < -0.3 is 25.2 Å². The third kappa shape index (κ3) is 4.25. The number of rotatable bonds is 6. The van der Waals surface area contributed by atoms with Crippen molar-refractivity contribution in [3.05, 3.63) is 65.4 Å². The molecular formula is C27H31N5O2. The number of amides is 1. The van der Waals surface area contributed by atoms with Gasteiger partial charge in [0, 0.05) is 56.4 Å². The molecule has 34 heavy (non-hydrogen) atoms. The first-order valence-corrected chi connectivity index (χ1v) is 11.8. The number of aryl methyl sites for hydroxylation is 1. The van der Waals surface area contributed by atoms with Gasteiger partial charge in [-0.05, 0) is 55.5 Å². The van der Waals surface area contributed by atoms with Crippen LogP contribution in [-0.4, -0.2) is 43.0 Å². The number of methoxy groups -OCH3 is 1. The summed E-state index contributed by atoms with van der Waals surface area (Å²) in [6, 6.07) is 14.2. The minimum absolute atomic E-state index is 0.0432. The number of hydrogen-bond donors (Lipinski definition) is 2. The van der Waals surface area contributed by atoms with E-state index in [9.17, 15) is 4.79 Å². The van der Waals surface area contributed by atoms with Crippen LogP contribution in [-0.2, 0) is 6.54 Å². The first-order chi connectivity index (χ1) is 16.5. The lowest BCUT2D eigenvalue weighted by molar-refractivity contribution is 0.0817. The predicted molar refractivity (Wildman–Crippen MR) is 137 cm³/mol. The van der Waals surface area contributed by atoms with Crippen molar-refractivity contribution in [2.24, 2.45) is 0 Å². The number of piperidine rings is 1. The molecule has 5 rings (SSSR count). The summed E-state index contributed by atoms with van der Waals surface area (Å²) >= 11 is 0. The first kappa shape index (κ1) is 22.1. The predicted octanol–water partition coefficient (Wildman–Crippen LogP) is 5.46. The van der Waals surface area contributed by atoms with Crippen LogP contribution >= 0.6 is 0 Å². The summed E-state index contributed by atoms with van der Waals surface area (Å²) in [5.74, 6) is 1.53. The molecule has 2 N–H and O–H groups in total. The van der Waals surface area contributed by atoms with Crippen LogP contribution in [0.5, 0.6) is 5.75 Å². The molecular weight excluding hydrogens is 426 g/mol. The average molecular weight is 458 g/mol. The van der Waals surface area contributed by atoms with Crippen molar-refractivity contribution >= 4 is 34.5 Å². The number of ether oxygens (including phenoxy) is 1. The second kappa shape index (κ2) is 9.25. The van der Waals surface area contributed by atoms with E-state index < -0.39 is 0 Å². The fraction of sp³-hybridized carbons (Fsp3) is 0.333. The second-order valence-corrected chi connectivity index (χ2v) is 9.07. The SMILES string of the molecule is COc1cc(N2CCCCC2)ccc1Nc1cc(Nc2cccc3c2C(=O)N(C)C3)c(C)cn1. The highest BCUT2D eigenvalue weighted by Crippen LogP contribution is 2.35. The highest BCUT2D eigenvalue weighted by atomic mass is 16.5. The van der Waals surface area contributed by atoms with Gasteiger partial charge in [0.25, 0.3) is 5.91 Å². The zero-order valence-corrected chi connectivity index (χ0v) is 20.0. The normalized spacial score (nSPS) is 15.3. The van der Waals surface area contributed by atoms with E-state index in [-0.39, 0.29) is 5.91 Å². The number of nitrogens with zero attached hydrogens (tertiary/aromatic N) is 3. The lowest BCUT2D eigenvalue weighted by Crippen LogP contribution is -2.29. The summed E-state index contributed by atoms with van der Waals surface area (Å²) in [5, 5.41) is 6.87. The van der Waals surface area contributed by atoms with Crippen LogP contribution in [0.4, 0.5) is 28.6 Å². The minimum atomic E-state index is 0.0432. The summed E-state index contributed by atoms with van der Waals surface area (Å²) < 4.78 is 5.70. The molecule has 7 nitrogen and oxygen atoms in total. The number of benzene rings is 2. The maximum atomic E-state index is 12.7. The molecule has 1 aromatic heterocycles. The first-order valence-electron chi connectivity index (χ1n) is 11.8. The summed E-state index contributed by atoms with van der Waals surface area (Å²) in [5.41, 5.74) is 6.55. The molecule has 1 amide bonds. The molecule has 2 aromatic carbocycles. The molecule has 1 saturated heterocycles. The van der Waals surface area contributed by atoms with E-state index in [1.54, 1.807) is 12.0 Å². The number of nitrogens with one attached hydrogen (secondary N) is 2. The van der Waals surface area contributed by atoms with E-state index in [1.165, 1.54) is 24.9 Å². The van der Waals surface area contributed by atoms with Gasteiger partial charge in [-0.15, -0.1) is 0 Å². The molecule has 0 atom stereocenters. The smallest absolute Gasteiger partial charge is 0.256 e. The Hall–Kier alpha value is -3.74. The lowest BCUT2D eigenvalue weighted by Gasteiger charge is -2.29. The third-order valence-electron chi connectivity index (χ3n) is 6.66. The zero-order chi connectivity index (χ0) is 23.7. The van der Waals surface area contributed by atoms with E-state index in [0.29, 0.717) is 12.4 Å². The number of fused-ring (bicyclic) bond motifs is 1. The van der Waals surface area contributed by atoms with E-state index in [1.807, 2.05) is 44.4 Å². The Balaban J connectivity index is 1.39. The van der Waals surface area contributed by atoms with Crippen LogP contribution in [0.1, 0.15) is 40.7 Å². The van der Waals surface area contributed by atoms with Crippen LogP contribution in [0.3, 0.4) is 0 Å². The molecule has 3 heterocycles. The number of carbonyl (C=O) groups is 1. The summed E-state index contributed by atoms with van der Waals surface area (Å²) in [6.07, 6.45) is 5.60. The van der Waals surface area contributed by atoms with E-state index >= 15 is 0 Å². The Bertz CT molecular complexity index is 1220. The van der Waals surface area contributed by atoms with Crippen LogP contribution in [0.15, 0.2) is 48.7 Å². The Morgan fingerprint density at radius 1 is 0.971 bits per heavy atom. The van der Waals surface area contributed by atoms with Crippen LogP contribution in [0, 0.1) is 6.92 Å². The quantitative estimate of drug-likeness (QED) is 0.512. The number of anilines is 5. The Kier molecular flexibility index (Phi) is 6.01. The summed E-state index contributed by atoms with van der Waals surface area (Å²) in [4.78, 5) is 21.4. The number of pyridine rings is 1. The van der Waals surface area contributed by atoms with Crippen molar-refractivity contribution < 1.29 is 9.53 Å². The molecule has 0 spiro atoms. The molecule has 0 bridgehead atoms. The number of aromatic nitrogens is 1. The molecule has 0 saturated carbocycles. The molecule has 0 aliphatic carbocycles. The van der Waals surface area contributed by atoms with Gasteiger partial charge in [-0.2, -0.15) is 0 Å². The van der Waals surface area contributed by atoms with E-state index in [0.717, 1.165) is 52.6 Å². The Labute approximate surface area is 200 Å². The standard InChI is InChI=1S/C27H31N5O2/c1-18-16-28-25(15-23(18)29-22-9-7-8-19-17-31(2)27(33)26(19)22)30-21-11-10-20(14-24(21)34-3)32-12-5-4-6-13-32/h7-11,14-16H,4-6,12-13,17H2,1-3H3,(H2,28,29,30). The molecule has 2 aliphatic rings. The largest absolute Gasteiger partial charge is 0.494 e. The summed E-state index contributed by atoms with van der Waals surface area (Å²) in [6.45, 7) is 4.82. The van der Waals surface area contributed by atoms with E-state index in [4.69, 9.17) is 4.74 Å². The Morgan fingerprint density at radius 2 is 1.79 bits per heavy atom. The van der Waals surface area contributed by atoms with Crippen LogP contribution < -0.4 is 20.3 Å². The monoisotopic (exact) mass is 457 g/mol. The molecule has 1 fully saturated rings. The zero-order valence-electron chi connectivity index (χ0n) is 20.0. The second-order valence-electron chi connectivity index (χ2n) is 9.07. The van der Waals surface area contributed by atoms with Crippen molar-refractivity contribution in [1.82, 2.24) is 9.88 Å². The molecule has 0 radical (unpaired) electrons. The van der Waals surface area contributed by atoms with Gasteiger partial charge in [0.15, 0.2) is 0 Å². The average Bonchev–Trinajstić information content (AvgIpc) is 3.16. The molecule has 0 unspecified atom stereocenters. The lowest BCUT2D eigenvalue weighted by atomic mass is 10.1. The molecule has 2 aliphatic heterocycles. The maximum absolute atomic E-state index is 12.7. The fourth-order valence-corrected chi connectivity index (χ4v) is 4.75. The molecule has 176 valence electrons. The van der Waals surface area contributed by atoms with Gasteiger partial charge in [-0.1, -0.05) is 12.1 Å². The topological polar surface area (TPSA) is 69.7 Å². The van der Waals surface area contributed by atoms with Gasteiger partial charge in [0.05, 0.1) is 24.0 Å². The van der Waals surface area contributed by atoms with Crippen LogP contribution in [0.2, 0.25) is 0 Å². The number of hydrogen-bond acceptors (Lipinski definition) is 6. The maximum Gasteiger partial charge on any atom is 0.256 e. The minimum Gasteiger partial charge on any atom is -0.494 e. The van der Waals surface area contributed by atoms with Gasteiger partial charge >= 0.3 is 0 Å². The van der Waals surface area contributed by atoms with Crippen molar-refractivity contribution in [2.45, 2.75) is 32.7 Å². The Morgan fingerprint density at radius 3 is 2.59 bits per heavy atom. The van der Waals surface area contributed by atoms with E-state index in [2.05, 4.69) is 38.7 Å². The van der Waals surface area contributed by atoms with Crippen molar-refractivity contribution in [3.63, 3.8) is 0 Å². The summed E-state index contributed by atoms with van der Waals surface area (Å²) in [7, 11) is 3.52. The molecule has 3 aromatic rings. The van der Waals surface area contributed by atoms with Crippen molar-refractivity contribution in [2.75, 3.05) is 42.8 Å². The van der Waals surface area contributed by atoms with Crippen LogP contribution in [0.25, 0.3) is 0 Å². The fourth-order valence-electron chi connectivity index (χ4n) is 4.75. The highest BCUT2D eigenvalue weighted by Gasteiger charge is 2.27. The van der Waals surface area contributed by atoms with Crippen molar-refractivity contribution in [1.29, 1.82) is 0 Å². The van der Waals surface area contributed by atoms with Gasteiger partial charge in [0.2, 0.25) is 0 Å².